The highest BCUT2D eigenvalue weighted by Crippen LogP contribution is 2.35. The van der Waals surface area contributed by atoms with Crippen LogP contribution in [0.3, 0.4) is 0 Å². The van der Waals surface area contributed by atoms with E-state index < -0.39 is 0 Å². The van der Waals surface area contributed by atoms with Gasteiger partial charge in [0.25, 0.3) is 0 Å². The first-order chi connectivity index (χ1) is 10.1. The minimum atomic E-state index is 0.360. The maximum Gasteiger partial charge on any atom is 0.147 e. The molecule has 21 heavy (non-hydrogen) atoms. The SMILES string of the molecule is CC(C)NCc1cnc(N2CCOC3CCCC32)c(Cl)c1. The molecule has 1 saturated carbocycles. The Morgan fingerprint density at radius 3 is 3.10 bits per heavy atom. The Morgan fingerprint density at radius 2 is 2.33 bits per heavy atom. The molecule has 1 saturated heterocycles. The number of nitrogens with one attached hydrogen (secondary N) is 1. The monoisotopic (exact) mass is 309 g/mol. The van der Waals surface area contributed by atoms with E-state index in [0.29, 0.717) is 18.2 Å². The fourth-order valence-electron chi connectivity index (χ4n) is 3.29. The highest BCUT2D eigenvalue weighted by molar-refractivity contribution is 6.33. The van der Waals surface area contributed by atoms with Crippen molar-refractivity contribution in [3.8, 4) is 0 Å². The summed E-state index contributed by atoms with van der Waals surface area (Å²) in [6, 6.07) is 2.95. The zero-order valence-corrected chi connectivity index (χ0v) is 13.6. The molecular formula is C16H24ClN3O. The van der Waals surface area contributed by atoms with Crippen molar-refractivity contribution in [1.82, 2.24) is 10.3 Å². The molecule has 3 rings (SSSR count). The lowest BCUT2D eigenvalue weighted by Gasteiger charge is -2.38. The molecule has 0 bridgehead atoms. The van der Waals surface area contributed by atoms with Crippen LogP contribution in [0.25, 0.3) is 0 Å². The predicted octanol–water partition coefficient (Wildman–Crippen LogP) is 2.99. The molecule has 0 amide bonds. The Kier molecular flexibility index (Phi) is 4.67. The van der Waals surface area contributed by atoms with Gasteiger partial charge in [0.05, 0.1) is 23.8 Å². The van der Waals surface area contributed by atoms with Crippen molar-refractivity contribution in [1.29, 1.82) is 0 Å². The molecule has 0 spiro atoms. The zero-order chi connectivity index (χ0) is 14.8. The quantitative estimate of drug-likeness (QED) is 0.928. The normalized spacial score (nSPS) is 25.4. The maximum absolute atomic E-state index is 6.50. The molecule has 5 heteroatoms. The fourth-order valence-corrected chi connectivity index (χ4v) is 3.59. The minimum Gasteiger partial charge on any atom is -0.374 e. The van der Waals surface area contributed by atoms with Gasteiger partial charge in [0.2, 0.25) is 0 Å². The molecule has 2 aliphatic rings. The van der Waals surface area contributed by atoms with E-state index in [1.807, 2.05) is 12.3 Å². The molecule has 2 heterocycles. The summed E-state index contributed by atoms with van der Waals surface area (Å²) in [7, 11) is 0. The molecule has 1 aliphatic heterocycles. The summed E-state index contributed by atoms with van der Waals surface area (Å²) in [5.74, 6) is 0.921. The van der Waals surface area contributed by atoms with Gasteiger partial charge < -0.3 is 15.0 Å². The van der Waals surface area contributed by atoms with E-state index in [1.165, 1.54) is 12.8 Å². The molecular weight excluding hydrogens is 286 g/mol. The van der Waals surface area contributed by atoms with E-state index in [-0.39, 0.29) is 0 Å². The van der Waals surface area contributed by atoms with Gasteiger partial charge in [0, 0.05) is 25.3 Å². The molecule has 0 aromatic carbocycles. The average Bonchev–Trinajstić information content (AvgIpc) is 2.94. The molecule has 2 atom stereocenters. The molecule has 116 valence electrons. The van der Waals surface area contributed by atoms with Gasteiger partial charge in [-0.1, -0.05) is 25.4 Å². The van der Waals surface area contributed by atoms with E-state index in [0.717, 1.165) is 42.5 Å². The molecule has 1 aliphatic carbocycles. The molecule has 0 radical (unpaired) electrons. The van der Waals surface area contributed by atoms with Crippen molar-refractivity contribution in [3.63, 3.8) is 0 Å². The molecule has 1 N–H and O–H groups in total. The van der Waals surface area contributed by atoms with E-state index >= 15 is 0 Å². The number of hydrogen-bond donors (Lipinski definition) is 1. The summed E-state index contributed by atoms with van der Waals surface area (Å²) in [5.41, 5.74) is 1.13. The van der Waals surface area contributed by atoms with Crippen LogP contribution < -0.4 is 10.2 Å². The molecule has 4 nitrogen and oxygen atoms in total. The number of fused-ring (bicyclic) bond motifs is 1. The van der Waals surface area contributed by atoms with Crippen LogP contribution in [0.15, 0.2) is 12.3 Å². The summed E-state index contributed by atoms with van der Waals surface area (Å²) in [6.07, 6.45) is 5.88. The lowest BCUT2D eigenvalue weighted by molar-refractivity contribution is 0.0253. The van der Waals surface area contributed by atoms with Crippen LogP contribution in [-0.2, 0) is 11.3 Å². The van der Waals surface area contributed by atoms with Gasteiger partial charge in [-0.2, -0.15) is 0 Å². The second kappa shape index (κ2) is 6.51. The Balaban J connectivity index is 1.75. The van der Waals surface area contributed by atoms with Crippen molar-refractivity contribution >= 4 is 17.4 Å². The number of morpholine rings is 1. The predicted molar refractivity (Wildman–Crippen MR) is 85.9 cm³/mol. The van der Waals surface area contributed by atoms with Gasteiger partial charge in [-0.3, -0.25) is 0 Å². The van der Waals surface area contributed by atoms with Gasteiger partial charge in [-0.15, -0.1) is 0 Å². The van der Waals surface area contributed by atoms with Gasteiger partial charge in [-0.25, -0.2) is 4.98 Å². The van der Waals surface area contributed by atoms with Crippen LogP contribution in [0.4, 0.5) is 5.82 Å². The standard InChI is InChI=1S/C16H24ClN3O/c1-11(2)18-9-12-8-13(17)16(19-10-12)20-6-7-21-15-5-3-4-14(15)20/h8,10-11,14-15,18H,3-7,9H2,1-2H3. The molecule has 1 aromatic rings. The van der Waals surface area contributed by atoms with E-state index in [9.17, 15) is 0 Å². The van der Waals surface area contributed by atoms with Crippen LogP contribution in [0.1, 0.15) is 38.7 Å². The number of nitrogens with zero attached hydrogens (tertiary/aromatic N) is 2. The Labute approximate surface area is 131 Å². The van der Waals surface area contributed by atoms with Gasteiger partial charge >= 0.3 is 0 Å². The summed E-state index contributed by atoms with van der Waals surface area (Å²) < 4.78 is 5.86. The Hall–Kier alpha value is -0.840. The summed E-state index contributed by atoms with van der Waals surface area (Å²) in [5, 5.41) is 4.15. The molecule has 1 aromatic heterocycles. The lowest BCUT2D eigenvalue weighted by Crippen LogP contribution is -2.49. The van der Waals surface area contributed by atoms with Crippen molar-refractivity contribution in [2.24, 2.45) is 0 Å². The number of anilines is 1. The first-order valence-corrected chi connectivity index (χ1v) is 8.29. The van der Waals surface area contributed by atoms with Crippen molar-refractivity contribution < 1.29 is 4.74 Å². The zero-order valence-electron chi connectivity index (χ0n) is 12.8. The maximum atomic E-state index is 6.50. The molecule has 2 fully saturated rings. The van der Waals surface area contributed by atoms with E-state index in [4.69, 9.17) is 16.3 Å². The van der Waals surface area contributed by atoms with E-state index in [1.54, 1.807) is 0 Å². The lowest BCUT2D eigenvalue weighted by atomic mass is 10.1. The minimum absolute atomic E-state index is 0.360. The van der Waals surface area contributed by atoms with Crippen molar-refractivity contribution in [3.05, 3.63) is 22.8 Å². The highest BCUT2D eigenvalue weighted by Gasteiger charge is 2.37. The summed E-state index contributed by atoms with van der Waals surface area (Å²) >= 11 is 6.50. The number of aromatic nitrogens is 1. The molecule has 2 unspecified atom stereocenters. The third-order valence-corrected chi connectivity index (χ3v) is 4.63. The van der Waals surface area contributed by atoms with Crippen molar-refractivity contribution in [2.75, 3.05) is 18.1 Å². The average molecular weight is 310 g/mol. The number of hydrogen-bond acceptors (Lipinski definition) is 4. The fraction of sp³-hybridized carbons (Fsp3) is 0.688. The van der Waals surface area contributed by atoms with Crippen LogP contribution >= 0.6 is 11.6 Å². The first kappa shape index (κ1) is 15.1. The largest absolute Gasteiger partial charge is 0.374 e. The third kappa shape index (κ3) is 3.33. The second-order valence-electron chi connectivity index (χ2n) is 6.29. The topological polar surface area (TPSA) is 37.4 Å². The van der Waals surface area contributed by atoms with Gasteiger partial charge in [0.15, 0.2) is 0 Å². The smallest absolute Gasteiger partial charge is 0.147 e. The third-order valence-electron chi connectivity index (χ3n) is 4.35. The first-order valence-electron chi connectivity index (χ1n) is 7.91. The van der Waals surface area contributed by atoms with Gasteiger partial charge in [-0.05, 0) is 30.9 Å². The number of ether oxygens (including phenoxy) is 1. The van der Waals surface area contributed by atoms with Crippen molar-refractivity contribution in [2.45, 2.75) is 57.8 Å². The van der Waals surface area contributed by atoms with Crippen LogP contribution in [-0.4, -0.2) is 36.3 Å². The number of pyridine rings is 1. The highest BCUT2D eigenvalue weighted by atomic mass is 35.5. The van der Waals surface area contributed by atoms with Crippen LogP contribution in [0.5, 0.6) is 0 Å². The van der Waals surface area contributed by atoms with Gasteiger partial charge in [0.1, 0.15) is 5.82 Å². The van der Waals surface area contributed by atoms with Crippen LogP contribution in [0.2, 0.25) is 5.02 Å². The summed E-state index contributed by atoms with van der Waals surface area (Å²) in [6.45, 7) is 6.74. The van der Waals surface area contributed by atoms with Crippen LogP contribution in [0, 0.1) is 0 Å². The Bertz CT molecular complexity index is 494. The Morgan fingerprint density at radius 1 is 1.48 bits per heavy atom. The summed E-state index contributed by atoms with van der Waals surface area (Å²) in [4.78, 5) is 6.99. The van der Waals surface area contributed by atoms with E-state index in [2.05, 4.69) is 29.0 Å². The number of halogens is 1. The number of rotatable bonds is 4. The second-order valence-corrected chi connectivity index (χ2v) is 6.69.